The van der Waals surface area contributed by atoms with E-state index in [1.165, 1.54) is 12.8 Å². The van der Waals surface area contributed by atoms with E-state index in [0.717, 1.165) is 18.8 Å². The molecule has 2 aromatic rings. The lowest BCUT2D eigenvalue weighted by Crippen LogP contribution is -2.24. The van der Waals surface area contributed by atoms with Gasteiger partial charge in [-0.1, -0.05) is 5.16 Å². The van der Waals surface area contributed by atoms with E-state index in [1.54, 1.807) is 38.5 Å². The number of aromatic nitrogens is 1. The minimum absolute atomic E-state index is 0.0257. The van der Waals surface area contributed by atoms with Crippen LogP contribution in [-0.2, 0) is 4.74 Å². The van der Waals surface area contributed by atoms with Crippen molar-refractivity contribution in [2.24, 2.45) is 11.8 Å². The van der Waals surface area contributed by atoms with Gasteiger partial charge in [0.25, 0.3) is 0 Å². The van der Waals surface area contributed by atoms with Crippen LogP contribution < -0.4 is 9.47 Å². The van der Waals surface area contributed by atoms with Gasteiger partial charge in [-0.15, -0.1) is 0 Å². The van der Waals surface area contributed by atoms with Crippen LogP contribution in [0.5, 0.6) is 11.5 Å². The van der Waals surface area contributed by atoms with Crippen molar-refractivity contribution in [2.45, 2.75) is 31.8 Å². The molecule has 0 unspecified atom stereocenters. The van der Waals surface area contributed by atoms with Crippen molar-refractivity contribution in [3.05, 3.63) is 30.0 Å². The molecule has 0 spiro atoms. The van der Waals surface area contributed by atoms with Crippen LogP contribution in [0.1, 0.15) is 36.2 Å². The number of rotatable bonds is 5. The summed E-state index contributed by atoms with van der Waals surface area (Å²) in [5.74, 6) is 2.53. The Bertz CT molecular complexity index is 784. The van der Waals surface area contributed by atoms with Gasteiger partial charge < -0.3 is 18.7 Å². The molecule has 1 aromatic heterocycles. The Morgan fingerprint density at radius 2 is 2.04 bits per heavy atom. The van der Waals surface area contributed by atoms with Gasteiger partial charge >= 0.3 is 5.97 Å². The molecule has 0 saturated heterocycles. The molecule has 25 heavy (non-hydrogen) atoms. The molecule has 3 atom stereocenters. The van der Waals surface area contributed by atoms with Gasteiger partial charge in [-0.25, -0.2) is 4.79 Å². The SMILES string of the molecule is COc1ccc(OC)c(-c2cc(C(=O)O[C@@H]3C[C@H]4CC[C@H]3C4)no2)c1. The number of hydrogen-bond donors (Lipinski definition) is 0. The maximum absolute atomic E-state index is 12.4. The molecule has 0 amide bonds. The molecule has 132 valence electrons. The molecular formula is C19H21NO5. The Labute approximate surface area is 146 Å². The van der Waals surface area contributed by atoms with E-state index in [4.69, 9.17) is 18.7 Å². The highest BCUT2D eigenvalue weighted by Crippen LogP contribution is 2.46. The van der Waals surface area contributed by atoms with Crippen molar-refractivity contribution in [2.75, 3.05) is 14.2 Å². The lowest BCUT2D eigenvalue weighted by molar-refractivity contribution is 0.0148. The summed E-state index contributed by atoms with van der Waals surface area (Å²) in [6.07, 6.45) is 4.61. The first kappa shape index (κ1) is 16.0. The van der Waals surface area contributed by atoms with Crippen molar-refractivity contribution in [1.29, 1.82) is 0 Å². The monoisotopic (exact) mass is 343 g/mol. The van der Waals surface area contributed by atoms with Crippen LogP contribution in [0.2, 0.25) is 0 Å². The highest BCUT2D eigenvalue weighted by molar-refractivity contribution is 5.88. The summed E-state index contributed by atoms with van der Waals surface area (Å²) in [4.78, 5) is 12.4. The van der Waals surface area contributed by atoms with Gasteiger partial charge in [-0.2, -0.15) is 0 Å². The highest BCUT2D eigenvalue weighted by atomic mass is 16.5. The largest absolute Gasteiger partial charge is 0.497 e. The fraction of sp³-hybridized carbons (Fsp3) is 0.474. The van der Waals surface area contributed by atoms with Gasteiger partial charge in [-0.3, -0.25) is 0 Å². The van der Waals surface area contributed by atoms with Gasteiger partial charge in [0.05, 0.1) is 19.8 Å². The highest BCUT2D eigenvalue weighted by Gasteiger charge is 2.42. The number of esters is 1. The second kappa shape index (κ2) is 6.43. The third kappa shape index (κ3) is 2.97. The summed E-state index contributed by atoms with van der Waals surface area (Å²) in [5, 5.41) is 3.88. The molecule has 2 saturated carbocycles. The maximum atomic E-state index is 12.4. The van der Waals surface area contributed by atoms with Crippen LogP contribution in [0.15, 0.2) is 28.8 Å². The standard InChI is InChI=1S/C19H21NO5/c1-22-13-5-6-16(23-2)14(9-13)18-10-15(20-25-18)19(21)24-17-8-11-3-4-12(17)7-11/h5-6,9-12,17H,3-4,7-8H2,1-2H3/t11-,12-,17+/m0/s1. The number of methoxy groups -OCH3 is 2. The predicted molar refractivity (Wildman–Crippen MR) is 89.7 cm³/mol. The third-order valence-electron chi connectivity index (χ3n) is 5.32. The molecule has 2 bridgehead atoms. The van der Waals surface area contributed by atoms with Gasteiger partial charge in [-0.05, 0) is 55.7 Å². The smallest absolute Gasteiger partial charge is 0.360 e. The zero-order valence-electron chi connectivity index (χ0n) is 14.4. The number of carbonyl (C=O) groups is 1. The fourth-order valence-electron chi connectivity index (χ4n) is 4.03. The average Bonchev–Trinajstić information content (AvgIpc) is 3.37. The van der Waals surface area contributed by atoms with Crippen molar-refractivity contribution >= 4 is 5.97 Å². The summed E-state index contributed by atoms with van der Waals surface area (Å²) in [6, 6.07) is 6.95. The molecule has 2 aliphatic carbocycles. The topological polar surface area (TPSA) is 70.8 Å². The fourth-order valence-corrected chi connectivity index (χ4v) is 4.03. The average molecular weight is 343 g/mol. The maximum Gasteiger partial charge on any atom is 0.360 e. The zero-order chi connectivity index (χ0) is 17.4. The summed E-state index contributed by atoms with van der Waals surface area (Å²) in [5.41, 5.74) is 0.857. The molecule has 6 heteroatoms. The Morgan fingerprint density at radius 3 is 2.72 bits per heavy atom. The summed E-state index contributed by atoms with van der Waals surface area (Å²) < 4.78 is 21.6. The minimum Gasteiger partial charge on any atom is -0.497 e. The van der Waals surface area contributed by atoms with Crippen molar-refractivity contribution in [3.63, 3.8) is 0 Å². The number of benzene rings is 1. The molecular weight excluding hydrogens is 322 g/mol. The third-order valence-corrected chi connectivity index (χ3v) is 5.32. The minimum atomic E-state index is -0.422. The number of ether oxygens (including phenoxy) is 3. The second-order valence-corrected chi connectivity index (χ2v) is 6.76. The Morgan fingerprint density at radius 1 is 1.16 bits per heavy atom. The van der Waals surface area contributed by atoms with Crippen molar-refractivity contribution in [3.8, 4) is 22.8 Å². The molecule has 1 aromatic carbocycles. The Kier molecular flexibility index (Phi) is 4.11. The molecule has 0 radical (unpaired) electrons. The van der Waals surface area contributed by atoms with E-state index in [9.17, 15) is 4.79 Å². The van der Waals surface area contributed by atoms with E-state index in [2.05, 4.69) is 5.16 Å². The molecule has 0 N–H and O–H groups in total. The number of carbonyl (C=O) groups excluding carboxylic acids is 1. The van der Waals surface area contributed by atoms with Gasteiger partial charge in [0.1, 0.15) is 17.6 Å². The zero-order valence-corrected chi connectivity index (χ0v) is 14.4. The van der Waals surface area contributed by atoms with Crippen LogP contribution in [-0.4, -0.2) is 31.4 Å². The van der Waals surface area contributed by atoms with Crippen molar-refractivity contribution in [1.82, 2.24) is 5.16 Å². The van der Waals surface area contributed by atoms with Gasteiger partial charge in [0, 0.05) is 6.07 Å². The summed E-state index contributed by atoms with van der Waals surface area (Å²) in [6.45, 7) is 0. The lowest BCUT2D eigenvalue weighted by Gasteiger charge is -2.21. The van der Waals surface area contributed by atoms with Crippen LogP contribution in [0.3, 0.4) is 0 Å². The summed E-state index contributed by atoms with van der Waals surface area (Å²) >= 11 is 0. The first-order valence-electron chi connectivity index (χ1n) is 8.58. The molecule has 0 aliphatic heterocycles. The first-order valence-corrected chi connectivity index (χ1v) is 8.58. The van der Waals surface area contributed by atoms with Crippen LogP contribution in [0, 0.1) is 11.8 Å². The number of fused-ring (bicyclic) bond motifs is 2. The van der Waals surface area contributed by atoms with Crippen molar-refractivity contribution < 1.29 is 23.5 Å². The second-order valence-electron chi connectivity index (χ2n) is 6.76. The number of nitrogens with zero attached hydrogens (tertiary/aromatic N) is 1. The first-order chi connectivity index (χ1) is 12.2. The van der Waals surface area contributed by atoms with E-state index < -0.39 is 5.97 Å². The quantitative estimate of drug-likeness (QED) is 0.771. The molecule has 1 heterocycles. The van der Waals surface area contributed by atoms with Gasteiger partial charge in [0.15, 0.2) is 11.5 Å². The summed E-state index contributed by atoms with van der Waals surface area (Å²) in [7, 11) is 3.16. The van der Waals surface area contributed by atoms with E-state index in [1.807, 2.05) is 0 Å². The van der Waals surface area contributed by atoms with E-state index in [0.29, 0.717) is 28.7 Å². The molecule has 6 nitrogen and oxygen atoms in total. The Balaban J connectivity index is 1.53. The molecule has 2 fully saturated rings. The van der Waals surface area contributed by atoms with E-state index in [-0.39, 0.29) is 11.8 Å². The molecule has 2 aliphatic rings. The van der Waals surface area contributed by atoms with E-state index >= 15 is 0 Å². The van der Waals surface area contributed by atoms with Crippen LogP contribution in [0.25, 0.3) is 11.3 Å². The van der Waals surface area contributed by atoms with Crippen LogP contribution >= 0.6 is 0 Å². The predicted octanol–water partition coefficient (Wildman–Crippen LogP) is 3.70. The Hall–Kier alpha value is -2.50. The number of hydrogen-bond acceptors (Lipinski definition) is 6. The van der Waals surface area contributed by atoms with Crippen LogP contribution in [0.4, 0.5) is 0 Å². The normalized spacial score (nSPS) is 24.3. The lowest BCUT2D eigenvalue weighted by atomic mass is 9.98. The van der Waals surface area contributed by atoms with Gasteiger partial charge in [0.2, 0.25) is 0 Å². The molecule has 4 rings (SSSR count).